The number of rotatable bonds is 4. The monoisotopic (exact) mass is 355 g/mol. The lowest BCUT2D eigenvalue weighted by Gasteiger charge is -2.38. The van der Waals surface area contributed by atoms with E-state index in [4.69, 9.17) is 4.74 Å². The van der Waals surface area contributed by atoms with E-state index in [1.807, 2.05) is 13.0 Å². The second-order valence-electron chi connectivity index (χ2n) is 6.39. The topological polar surface area (TPSA) is 111 Å². The minimum Gasteiger partial charge on any atom is -0.384 e. The molecule has 0 bridgehead atoms. The predicted octanol–water partition coefficient (Wildman–Crippen LogP) is 0.592. The Hall–Kier alpha value is -2.76. The van der Waals surface area contributed by atoms with Crippen LogP contribution in [0.1, 0.15) is 19.4 Å². The number of ether oxygens (including phenoxy) is 1. The van der Waals surface area contributed by atoms with Gasteiger partial charge in [-0.1, -0.05) is 0 Å². The molecule has 8 nitrogen and oxygen atoms in total. The third-order valence-electron chi connectivity index (χ3n) is 4.27. The zero-order chi connectivity index (χ0) is 18.7. The highest BCUT2D eigenvalue weighted by Gasteiger charge is 2.27. The number of aromatic nitrogens is 2. The molecule has 1 aliphatic heterocycles. The molecule has 0 unspecified atom stereocenters. The van der Waals surface area contributed by atoms with E-state index in [1.165, 1.54) is 6.92 Å². The minimum atomic E-state index is -1.05. The molecule has 0 aliphatic carbocycles. The van der Waals surface area contributed by atoms with Gasteiger partial charge < -0.3 is 20.1 Å². The number of carbonyl (C=O) groups excluding carboxylic acids is 1. The number of hydrogen-bond donors (Lipinski definition) is 2. The van der Waals surface area contributed by atoms with Crippen LogP contribution in [0, 0.1) is 11.3 Å². The number of nitriles is 1. The quantitative estimate of drug-likeness (QED) is 0.826. The fourth-order valence-electron chi connectivity index (χ4n) is 3.10. The second kappa shape index (κ2) is 7.64. The summed E-state index contributed by atoms with van der Waals surface area (Å²) in [5.74, 6) is -0.423. The van der Waals surface area contributed by atoms with Crippen LogP contribution in [-0.4, -0.2) is 58.9 Å². The summed E-state index contributed by atoms with van der Waals surface area (Å²) >= 11 is 0. The Balaban J connectivity index is 1.84. The summed E-state index contributed by atoms with van der Waals surface area (Å²) in [6, 6.07) is 5.76. The van der Waals surface area contributed by atoms with Gasteiger partial charge in [-0.15, -0.1) is 0 Å². The van der Waals surface area contributed by atoms with Crippen molar-refractivity contribution in [3.63, 3.8) is 0 Å². The first-order chi connectivity index (χ1) is 12.5. The van der Waals surface area contributed by atoms with Crippen molar-refractivity contribution in [3.05, 3.63) is 30.1 Å². The van der Waals surface area contributed by atoms with Crippen LogP contribution >= 0.6 is 0 Å². The predicted molar refractivity (Wildman–Crippen MR) is 95.5 cm³/mol. The number of fused-ring (bicyclic) bond motifs is 1. The van der Waals surface area contributed by atoms with Crippen LogP contribution in [0.25, 0.3) is 11.0 Å². The lowest BCUT2D eigenvalue weighted by Crippen LogP contribution is -2.51. The first-order valence-electron chi connectivity index (χ1n) is 8.49. The third kappa shape index (κ3) is 3.74. The molecule has 136 valence electrons. The van der Waals surface area contributed by atoms with Gasteiger partial charge in [0.05, 0.1) is 23.5 Å². The van der Waals surface area contributed by atoms with Gasteiger partial charge >= 0.3 is 0 Å². The average Bonchev–Trinajstić information content (AvgIpc) is 2.64. The molecule has 8 heteroatoms. The van der Waals surface area contributed by atoms with Crippen LogP contribution in [-0.2, 0) is 9.53 Å². The summed E-state index contributed by atoms with van der Waals surface area (Å²) < 4.78 is 5.90. The van der Waals surface area contributed by atoms with Crippen LogP contribution in [0.2, 0.25) is 0 Å². The second-order valence-corrected chi connectivity index (χ2v) is 6.39. The van der Waals surface area contributed by atoms with Crippen molar-refractivity contribution >= 4 is 22.6 Å². The van der Waals surface area contributed by atoms with Crippen molar-refractivity contribution in [2.45, 2.75) is 32.2 Å². The molecule has 1 aromatic heterocycles. The smallest absolute Gasteiger partial charge is 0.248 e. The molecule has 3 atom stereocenters. The first-order valence-corrected chi connectivity index (χ1v) is 8.49. The first kappa shape index (κ1) is 18.0. The lowest BCUT2D eigenvalue weighted by atomic mass is 10.1. The van der Waals surface area contributed by atoms with Gasteiger partial charge in [0.1, 0.15) is 23.2 Å². The molecule has 1 fully saturated rings. The van der Waals surface area contributed by atoms with Gasteiger partial charge in [-0.25, -0.2) is 0 Å². The number of amides is 1. The number of morpholine rings is 1. The molecular weight excluding hydrogens is 334 g/mol. The van der Waals surface area contributed by atoms with Crippen LogP contribution in [0.3, 0.4) is 0 Å². The average molecular weight is 355 g/mol. The summed E-state index contributed by atoms with van der Waals surface area (Å²) in [5, 5.41) is 21.3. The summed E-state index contributed by atoms with van der Waals surface area (Å²) in [5.41, 5.74) is 2.62. The van der Waals surface area contributed by atoms with Gasteiger partial charge in [0.2, 0.25) is 5.91 Å². The van der Waals surface area contributed by atoms with Gasteiger partial charge in [-0.2, -0.15) is 5.26 Å². The summed E-state index contributed by atoms with van der Waals surface area (Å²) in [6.45, 7) is 4.92. The van der Waals surface area contributed by atoms with E-state index >= 15 is 0 Å². The van der Waals surface area contributed by atoms with Crippen LogP contribution < -0.4 is 10.2 Å². The van der Waals surface area contributed by atoms with E-state index in [9.17, 15) is 15.2 Å². The van der Waals surface area contributed by atoms with Gasteiger partial charge in [0, 0.05) is 32.0 Å². The van der Waals surface area contributed by atoms with E-state index < -0.39 is 12.0 Å². The standard InChI is InChI=1S/C18H21N5O3/c1-11-9-23(10-14(26-11)8-22-18(25)12(2)24)15-4-3-13(7-19)16-17(15)21-6-5-20-16/h3-6,11-12,14,24H,8-10H2,1-2H3,(H,22,25)/t11-,12-,14+/m1/s1. The Kier molecular flexibility index (Phi) is 5.30. The van der Waals surface area contributed by atoms with Gasteiger partial charge in [-0.05, 0) is 26.0 Å². The molecule has 0 spiro atoms. The zero-order valence-electron chi connectivity index (χ0n) is 14.7. The summed E-state index contributed by atoms with van der Waals surface area (Å²) in [4.78, 5) is 22.4. The third-order valence-corrected chi connectivity index (χ3v) is 4.27. The van der Waals surface area contributed by atoms with Crippen molar-refractivity contribution in [2.24, 2.45) is 0 Å². The molecule has 2 aromatic rings. The Bertz CT molecular complexity index is 848. The molecule has 26 heavy (non-hydrogen) atoms. The number of nitrogens with one attached hydrogen (secondary N) is 1. The maximum atomic E-state index is 11.6. The molecule has 2 N–H and O–H groups in total. The van der Waals surface area contributed by atoms with Gasteiger partial charge in [0.25, 0.3) is 0 Å². The largest absolute Gasteiger partial charge is 0.384 e. The molecule has 0 radical (unpaired) electrons. The van der Waals surface area contributed by atoms with E-state index in [1.54, 1.807) is 18.5 Å². The van der Waals surface area contributed by atoms with Gasteiger partial charge in [-0.3, -0.25) is 14.8 Å². The molecule has 3 rings (SSSR count). The molecule has 2 heterocycles. The lowest BCUT2D eigenvalue weighted by molar-refractivity contribution is -0.129. The molecule has 1 aromatic carbocycles. The van der Waals surface area contributed by atoms with Crippen LogP contribution in [0.5, 0.6) is 0 Å². The van der Waals surface area contributed by atoms with Crippen LogP contribution in [0.4, 0.5) is 5.69 Å². The number of aliphatic hydroxyl groups excluding tert-OH is 1. The normalized spacial score (nSPS) is 21.2. The van der Waals surface area contributed by atoms with Crippen molar-refractivity contribution < 1.29 is 14.6 Å². The fraction of sp³-hybridized carbons (Fsp3) is 0.444. The zero-order valence-corrected chi connectivity index (χ0v) is 14.7. The molecule has 0 saturated carbocycles. The highest BCUT2D eigenvalue weighted by atomic mass is 16.5. The van der Waals surface area contributed by atoms with E-state index in [-0.39, 0.29) is 12.2 Å². The van der Waals surface area contributed by atoms with Crippen LogP contribution in [0.15, 0.2) is 24.5 Å². The fourth-order valence-corrected chi connectivity index (χ4v) is 3.10. The Labute approximate surface area is 151 Å². The Morgan fingerprint density at radius 3 is 2.85 bits per heavy atom. The SMILES string of the molecule is C[C@@H]1CN(c2ccc(C#N)c3nccnc23)C[C@H](CNC(=O)[C@@H](C)O)O1. The van der Waals surface area contributed by atoms with Crippen molar-refractivity contribution in [1.82, 2.24) is 15.3 Å². The van der Waals surface area contributed by atoms with E-state index in [0.29, 0.717) is 36.2 Å². The van der Waals surface area contributed by atoms with E-state index in [0.717, 1.165) is 5.69 Å². The van der Waals surface area contributed by atoms with Crippen molar-refractivity contribution in [1.29, 1.82) is 5.26 Å². The minimum absolute atomic E-state index is 0.0421. The van der Waals surface area contributed by atoms with Crippen molar-refractivity contribution in [2.75, 3.05) is 24.5 Å². The Morgan fingerprint density at radius 2 is 2.15 bits per heavy atom. The Morgan fingerprint density at radius 1 is 1.42 bits per heavy atom. The maximum Gasteiger partial charge on any atom is 0.248 e. The summed E-state index contributed by atoms with van der Waals surface area (Å²) in [7, 11) is 0. The highest BCUT2D eigenvalue weighted by Crippen LogP contribution is 2.28. The number of benzene rings is 1. The number of hydrogen-bond acceptors (Lipinski definition) is 7. The highest BCUT2D eigenvalue weighted by molar-refractivity contribution is 5.92. The number of aliphatic hydroxyl groups is 1. The number of anilines is 1. The summed E-state index contributed by atoms with van der Waals surface area (Å²) in [6.07, 6.45) is 1.87. The molecular formula is C18H21N5O3. The molecule has 1 saturated heterocycles. The van der Waals surface area contributed by atoms with E-state index in [2.05, 4.69) is 26.3 Å². The number of nitrogens with zero attached hydrogens (tertiary/aromatic N) is 4. The molecule has 1 aliphatic rings. The molecule has 1 amide bonds. The maximum absolute atomic E-state index is 11.6. The van der Waals surface area contributed by atoms with Crippen molar-refractivity contribution in [3.8, 4) is 6.07 Å². The number of carbonyl (C=O) groups is 1. The van der Waals surface area contributed by atoms with Gasteiger partial charge in [0.15, 0.2) is 0 Å².